The number of benzene rings is 3. The Balaban J connectivity index is 1.73. The van der Waals surface area contributed by atoms with E-state index in [4.69, 9.17) is 11.6 Å². The van der Waals surface area contributed by atoms with Crippen LogP contribution in [0.2, 0.25) is 5.02 Å². The van der Waals surface area contributed by atoms with E-state index in [9.17, 15) is 5.26 Å². The summed E-state index contributed by atoms with van der Waals surface area (Å²) in [6, 6.07) is 24.7. The van der Waals surface area contributed by atoms with Crippen LogP contribution in [0.25, 0.3) is 22.2 Å². The third-order valence-electron chi connectivity index (χ3n) is 4.15. The van der Waals surface area contributed by atoms with Gasteiger partial charge in [0.25, 0.3) is 0 Å². The Hall–Kier alpha value is -3.75. The Kier molecular flexibility index (Phi) is 4.96. The molecule has 3 aromatic carbocycles. The van der Waals surface area contributed by atoms with Crippen LogP contribution in [0, 0.1) is 11.3 Å². The van der Waals surface area contributed by atoms with E-state index >= 15 is 0 Å². The van der Waals surface area contributed by atoms with E-state index in [0.29, 0.717) is 22.1 Å². The summed E-state index contributed by atoms with van der Waals surface area (Å²) in [4.78, 5) is 9.14. The fourth-order valence-corrected chi connectivity index (χ4v) is 3.01. The van der Waals surface area contributed by atoms with E-state index in [-0.39, 0.29) is 0 Å². The lowest BCUT2D eigenvalue weighted by Crippen LogP contribution is -2.00. The molecule has 0 amide bonds. The molecular formula is C22H14ClN5. The van der Waals surface area contributed by atoms with Gasteiger partial charge in [-0.2, -0.15) is 10.4 Å². The van der Waals surface area contributed by atoms with Crippen LogP contribution < -0.4 is 5.43 Å². The largest absolute Gasteiger partial charge is 0.245 e. The summed E-state index contributed by atoms with van der Waals surface area (Å²) in [5.74, 6) is 0.361. The highest BCUT2D eigenvalue weighted by molar-refractivity contribution is 6.31. The molecule has 0 spiro atoms. The number of hydrazone groups is 1. The summed E-state index contributed by atoms with van der Waals surface area (Å²) >= 11 is 6.18. The molecule has 4 aromatic rings. The van der Waals surface area contributed by atoms with E-state index in [0.717, 1.165) is 22.2 Å². The molecule has 0 fully saturated rings. The van der Waals surface area contributed by atoms with Crippen LogP contribution in [0.1, 0.15) is 11.1 Å². The molecule has 0 unspecified atom stereocenters. The van der Waals surface area contributed by atoms with E-state index in [1.807, 2.05) is 60.7 Å². The molecule has 1 N–H and O–H groups in total. The Morgan fingerprint density at radius 1 is 0.964 bits per heavy atom. The van der Waals surface area contributed by atoms with Crippen molar-refractivity contribution in [3.63, 3.8) is 0 Å². The molecular weight excluding hydrogens is 370 g/mol. The van der Waals surface area contributed by atoms with Crippen LogP contribution >= 0.6 is 11.6 Å². The maximum absolute atomic E-state index is 9.17. The third-order valence-corrected chi connectivity index (χ3v) is 4.39. The van der Waals surface area contributed by atoms with E-state index < -0.39 is 0 Å². The monoisotopic (exact) mass is 383 g/mol. The maximum Gasteiger partial charge on any atom is 0.244 e. The number of hydrogen-bond acceptors (Lipinski definition) is 5. The minimum absolute atomic E-state index is 0.361. The average Bonchev–Trinajstić information content (AvgIpc) is 2.74. The van der Waals surface area contributed by atoms with Crippen LogP contribution in [0.3, 0.4) is 0 Å². The van der Waals surface area contributed by atoms with E-state index in [2.05, 4.69) is 26.6 Å². The Bertz CT molecular complexity index is 1210. The van der Waals surface area contributed by atoms with Crippen molar-refractivity contribution in [3.8, 4) is 17.3 Å². The van der Waals surface area contributed by atoms with E-state index in [1.54, 1.807) is 18.3 Å². The van der Waals surface area contributed by atoms with E-state index in [1.165, 1.54) is 0 Å². The first-order chi connectivity index (χ1) is 13.7. The third kappa shape index (κ3) is 3.68. The first-order valence-corrected chi connectivity index (χ1v) is 8.93. The Morgan fingerprint density at radius 3 is 2.57 bits per heavy atom. The lowest BCUT2D eigenvalue weighted by Gasteiger charge is -2.09. The highest BCUT2D eigenvalue weighted by Crippen LogP contribution is 2.29. The van der Waals surface area contributed by atoms with Gasteiger partial charge in [-0.3, -0.25) is 0 Å². The molecule has 0 saturated carbocycles. The second kappa shape index (κ2) is 7.87. The van der Waals surface area contributed by atoms with Gasteiger partial charge in [0.1, 0.15) is 0 Å². The van der Waals surface area contributed by atoms with Crippen LogP contribution in [-0.2, 0) is 0 Å². The summed E-state index contributed by atoms with van der Waals surface area (Å²) < 4.78 is 0. The van der Waals surface area contributed by atoms with Crippen molar-refractivity contribution in [2.45, 2.75) is 0 Å². The lowest BCUT2D eigenvalue weighted by molar-refractivity contribution is 1.16. The predicted molar refractivity (Wildman–Crippen MR) is 112 cm³/mol. The van der Waals surface area contributed by atoms with Crippen molar-refractivity contribution in [3.05, 3.63) is 88.9 Å². The Labute approximate surface area is 167 Å². The van der Waals surface area contributed by atoms with Crippen molar-refractivity contribution >= 4 is 34.7 Å². The first-order valence-electron chi connectivity index (χ1n) is 8.55. The summed E-state index contributed by atoms with van der Waals surface area (Å²) in [6.07, 6.45) is 1.58. The summed E-state index contributed by atoms with van der Waals surface area (Å²) in [7, 11) is 0. The number of rotatable bonds is 4. The number of halogens is 1. The predicted octanol–water partition coefficient (Wildman–Crippen LogP) is 5.27. The average molecular weight is 384 g/mol. The van der Waals surface area contributed by atoms with Gasteiger partial charge in [-0.1, -0.05) is 60.1 Å². The molecule has 0 bridgehead atoms. The van der Waals surface area contributed by atoms with Gasteiger partial charge >= 0.3 is 0 Å². The molecule has 4 rings (SSSR count). The van der Waals surface area contributed by atoms with Crippen molar-refractivity contribution in [2.75, 3.05) is 5.43 Å². The molecule has 0 aliphatic heterocycles. The summed E-state index contributed by atoms with van der Waals surface area (Å²) in [5.41, 5.74) is 6.61. The van der Waals surface area contributed by atoms with Gasteiger partial charge in [0.2, 0.25) is 5.95 Å². The molecule has 0 aliphatic rings. The normalized spacial score (nSPS) is 10.9. The number of nitrogens with one attached hydrogen (secondary N) is 1. The molecule has 0 saturated heterocycles. The second-order valence-electron chi connectivity index (χ2n) is 5.99. The SMILES string of the molecule is N#Cc1ccccc1/C=N\Nc1nc(-c2ccccc2)c2cc(Cl)ccc2n1. The van der Waals surface area contributed by atoms with Crippen LogP contribution in [0.4, 0.5) is 5.95 Å². The highest BCUT2D eigenvalue weighted by atomic mass is 35.5. The number of nitrogens with zero attached hydrogens (tertiary/aromatic N) is 4. The fraction of sp³-hybridized carbons (Fsp3) is 0. The minimum Gasteiger partial charge on any atom is -0.245 e. The molecule has 1 heterocycles. The first kappa shape index (κ1) is 17.7. The molecule has 5 nitrogen and oxygen atoms in total. The quantitative estimate of drug-likeness (QED) is 0.385. The zero-order chi connectivity index (χ0) is 19.3. The van der Waals surface area contributed by atoms with Gasteiger partial charge in [-0.25, -0.2) is 15.4 Å². The highest BCUT2D eigenvalue weighted by Gasteiger charge is 2.10. The molecule has 0 radical (unpaired) electrons. The van der Waals surface area contributed by atoms with Crippen molar-refractivity contribution in [1.29, 1.82) is 5.26 Å². The molecule has 1 aromatic heterocycles. The van der Waals surface area contributed by atoms with Crippen molar-refractivity contribution < 1.29 is 0 Å². The fourth-order valence-electron chi connectivity index (χ4n) is 2.84. The van der Waals surface area contributed by atoms with Crippen LogP contribution in [-0.4, -0.2) is 16.2 Å². The number of anilines is 1. The smallest absolute Gasteiger partial charge is 0.244 e. The van der Waals surface area contributed by atoms with Gasteiger partial charge < -0.3 is 0 Å². The maximum atomic E-state index is 9.17. The number of aromatic nitrogens is 2. The molecule has 0 aliphatic carbocycles. The van der Waals surface area contributed by atoms with Gasteiger partial charge in [0, 0.05) is 21.5 Å². The van der Waals surface area contributed by atoms with Crippen molar-refractivity contribution in [2.24, 2.45) is 5.10 Å². The topological polar surface area (TPSA) is 74.0 Å². The zero-order valence-electron chi connectivity index (χ0n) is 14.7. The van der Waals surface area contributed by atoms with Gasteiger partial charge in [0.05, 0.1) is 29.1 Å². The number of nitriles is 1. The van der Waals surface area contributed by atoms with Gasteiger partial charge in [0.15, 0.2) is 0 Å². The molecule has 0 atom stereocenters. The number of fused-ring (bicyclic) bond motifs is 1. The van der Waals surface area contributed by atoms with Crippen molar-refractivity contribution in [1.82, 2.24) is 9.97 Å². The summed E-state index contributed by atoms with van der Waals surface area (Å²) in [6.45, 7) is 0. The minimum atomic E-state index is 0.361. The number of hydrogen-bond donors (Lipinski definition) is 1. The van der Waals surface area contributed by atoms with Gasteiger partial charge in [-0.05, 0) is 24.3 Å². The summed E-state index contributed by atoms with van der Waals surface area (Å²) in [5, 5.41) is 14.9. The molecule has 134 valence electrons. The Morgan fingerprint density at radius 2 is 1.75 bits per heavy atom. The second-order valence-corrected chi connectivity index (χ2v) is 6.43. The van der Waals surface area contributed by atoms with Crippen LogP contribution in [0.5, 0.6) is 0 Å². The molecule has 28 heavy (non-hydrogen) atoms. The van der Waals surface area contributed by atoms with Gasteiger partial charge in [-0.15, -0.1) is 0 Å². The molecule has 6 heteroatoms. The lowest BCUT2D eigenvalue weighted by atomic mass is 10.1. The van der Waals surface area contributed by atoms with Crippen LogP contribution in [0.15, 0.2) is 77.9 Å². The standard InChI is InChI=1S/C22H14ClN5/c23-18-10-11-20-19(12-18)21(15-6-2-1-3-7-15)27-22(26-20)28-25-14-17-9-5-4-8-16(17)13-24/h1-12,14H,(H,26,27,28)/b25-14-. The zero-order valence-corrected chi connectivity index (χ0v) is 15.4.